The summed E-state index contributed by atoms with van der Waals surface area (Å²) in [5, 5.41) is 9.64. The Hall–Kier alpha value is -3.03. The lowest BCUT2D eigenvalue weighted by Crippen LogP contribution is -2.13. The quantitative estimate of drug-likeness (QED) is 0.723. The SMILES string of the molecule is Cc1cc2oc(C)c(C(=O)O)c2cc1OCc1cccnc1C(F)(F)F. The van der Waals surface area contributed by atoms with Gasteiger partial charge >= 0.3 is 12.1 Å². The molecule has 0 atom stereocenters. The zero-order valence-corrected chi connectivity index (χ0v) is 13.8. The van der Waals surface area contributed by atoms with Gasteiger partial charge in [-0.1, -0.05) is 6.07 Å². The predicted octanol–water partition coefficient (Wildman–Crippen LogP) is 4.74. The van der Waals surface area contributed by atoms with Crippen LogP contribution in [-0.4, -0.2) is 16.1 Å². The van der Waals surface area contributed by atoms with Gasteiger partial charge in [-0.05, 0) is 37.6 Å². The van der Waals surface area contributed by atoms with E-state index in [-0.39, 0.29) is 29.2 Å². The lowest BCUT2D eigenvalue weighted by atomic mass is 10.1. The fourth-order valence-corrected chi connectivity index (χ4v) is 2.73. The van der Waals surface area contributed by atoms with Crippen molar-refractivity contribution in [3.05, 3.63) is 58.6 Å². The molecule has 8 heteroatoms. The molecule has 0 aliphatic carbocycles. The van der Waals surface area contributed by atoms with Crippen molar-refractivity contribution in [3.8, 4) is 5.75 Å². The number of halogens is 3. The van der Waals surface area contributed by atoms with Gasteiger partial charge in [0, 0.05) is 17.1 Å². The van der Waals surface area contributed by atoms with Crippen molar-refractivity contribution in [1.82, 2.24) is 4.98 Å². The Morgan fingerprint density at radius 1 is 1.31 bits per heavy atom. The van der Waals surface area contributed by atoms with Crippen LogP contribution in [0.1, 0.15) is 32.9 Å². The number of rotatable bonds is 4. The van der Waals surface area contributed by atoms with E-state index in [1.165, 1.54) is 25.1 Å². The average molecular weight is 365 g/mol. The van der Waals surface area contributed by atoms with Crippen LogP contribution in [-0.2, 0) is 12.8 Å². The van der Waals surface area contributed by atoms with Gasteiger partial charge in [0.2, 0.25) is 0 Å². The number of nitrogens with zero attached hydrogens (tertiary/aromatic N) is 1. The highest BCUT2D eigenvalue weighted by molar-refractivity contribution is 6.04. The number of carboxylic acid groups (broad SMARTS) is 1. The van der Waals surface area contributed by atoms with Crippen LogP contribution in [0.5, 0.6) is 5.75 Å². The topological polar surface area (TPSA) is 72.6 Å². The maximum Gasteiger partial charge on any atom is 0.433 e. The smallest absolute Gasteiger partial charge is 0.433 e. The molecule has 0 fully saturated rings. The van der Waals surface area contributed by atoms with Crippen LogP contribution < -0.4 is 4.74 Å². The molecule has 0 amide bonds. The molecule has 3 aromatic rings. The Labute approximate surface area is 146 Å². The molecule has 0 spiro atoms. The van der Waals surface area contributed by atoms with E-state index in [9.17, 15) is 23.1 Å². The van der Waals surface area contributed by atoms with Crippen molar-refractivity contribution in [2.45, 2.75) is 26.6 Å². The molecule has 2 aromatic heterocycles. The molecule has 1 aromatic carbocycles. The van der Waals surface area contributed by atoms with Gasteiger partial charge in [0.05, 0.1) is 0 Å². The van der Waals surface area contributed by atoms with Crippen LogP contribution in [0.25, 0.3) is 11.0 Å². The van der Waals surface area contributed by atoms with Crippen molar-refractivity contribution < 1.29 is 32.2 Å². The maximum absolute atomic E-state index is 13.0. The molecule has 0 unspecified atom stereocenters. The van der Waals surface area contributed by atoms with Crippen molar-refractivity contribution in [1.29, 1.82) is 0 Å². The van der Waals surface area contributed by atoms with Gasteiger partial charge in [-0.15, -0.1) is 0 Å². The van der Waals surface area contributed by atoms with Crippen molar-refractivity contribution in [3.63, 3.8) is 0 Å². The van der Waals surface area contributed by atoms with Gasteiger partial charge in [-0.2, -0.15) is 13.2 Å². The lowest BCUT2D eigenvalue weighted by molar-refractivity contribution is -0.142. The number of fused-ring (bicyclic) bond motifs is 1. The van der Waals surface area contributed by atoms with Crippen molar-refractivity contribution in [2.75, 3.05) is 0 Å². The summed E-state index contributed by atoms with van der Waals surface area (Å²) < 4.78 is 50.0. The van der Waals surface area contributed by atoms with Crippen LogP contribution in [0, 0.1) is 13.8 Å². The number of pyridine rings is 1. The number of alkyl halides is 3. The van der Waals surface area contributed by atoms with E-state index in [2.05, 4.69) is 4.98 Å². The maximum atomic E-state index is 13.0. The third kappa shape index (κ3) is 3.22. The second-order valence-corrected chi connectivity index (χ2v) is 5.75. The zero-order valence-electron chi connectivity index (χ0n) is 13.8. The number of hydrogen-bond acceptors (Lipinski definition) is 4. The van der Waals surface area contributed by atoms with Gasteiger partial charge in [0.25, 0.3) is 0 Å². The fourth-order valence-electron chi connectivity index (χ4n) is 2.73. The summed E-state index contributed by atoms with van der Waals surface area (Å²) in [4.78, 5) is 14.8. The van der Waals surface area contributed by atoms with Gasteiger partial charge in [0.15, 0.2) is 5.69 Å². The summed E-state index contributed by atoms with van der Waals surface area (Å²) in [5.74, 6) is -0.629. The van der Waals surface area contributed by atoms with Crippen molar-refractivity contribution in [2.24, 2.45) is 0 Å². The van der Waals surface area contributed by atoms with Crippen LogP contribution in [0.4, 0.5) is 13.2 Å². The second kappa shape index (κ2) is 6.36. The van der Waals surface area contributed by atoms with E-state index < -0.39 is 17.8 Å². The van der Waals surface area contributed by atoms with E-state index in [1.807, 2.05) is 0 Å². The summed E-state index contributed by atoms with van der Waals surface area (Å²) in [5.41, 5.74) is -0.129. The van der Waals surface area contributed by atoms with Crippen molar-refractivity contribution >= 4 is 16.9 Å². The molecular formula is C18H14F3NO4. The molecule has 26 heavy (non-hydrogen) atoms. The Morgan fingerprint density at radius 2 is 2.04 bits per heavy atom. The molecule has 3 rings (SSSR count). The minimum atomic E-state index is -4.59. The van der Waals surface area contributed by atoms with Crippen LogP contribution in [0.2, 0.25) is 0 Å². The summed E-state index contributed by atoms with van der Waals surface area (Å²) in [7, 11) is 0. The first-order chi connectivity index (χ1) is 12.2. The molecule has 1 N–H and O–H groups in total. The number of furan rings is 1. The number of ether oxygens (including phenoxy) is 1. The minimum absolute atomic E-state index is 0.00204. The van der Waals surface area contributed by atoms with Gasteiger partial charge in [0.1, 0.15) is 29.3 Å². The highest BCUT2D eigenvalue weighted by atomic mass is 19.4. The number of carboxylic acids is 1. The monoisotopic (exact) mass is 365 g/mol. The first-order valence-corrected chi connectivity index (χ1v) is 7.59. The van der Waals surface area contributed by atoms with E-state index in [4.69, 9.17) is 9.15 Å². The first kappa shape index (κ1) is 17.8. The summed E-state index contributed by atoms with van der Waals surface area (Å²) in [6, 6.07) is 5.74. The first-order valence-electron chi connectivity index (χ1n) is 7.59. The van der Waals surface area contributed by atoms with E-state index in [0.29, 0.717) is 16.5 Å². The Balaban J connectivity index is 1.97. The highest BCUT2D eigenvalue weighted by Gasteiger charge is 2.35. The average Bonchev–Trinajstić information content (AvgIpc) is 2.86. The largest absolute Gasteiger partial charge is 0.489 e. The minimum Gasteiger partial charge on any atom is -0.489 e. The fraction of sp³-hybridized carbons (Fsp3) is 0.222. The lowest BCUT2D eigenvalue weighted by Gasteiger charge is -2.13. The van der Waals surface area contributed by atoms with Crippen LogP contribution >= 0.6 is 0 Å². The Morgan fingerprint density at radius 3 is 2.69 bits per heavy atom. The summed E-state index contributed by atoms with van der Waals surface area (Å²) in [6.07, 6.45) is -3.52. The summed E-state index contributed by atoms with van der Waals surface area (Å²) >= 11 is 0. The molecule has 0 aliphatic rings. The van der Waals surface area contributed by atoms with Gasteiger partial charge in [-0.3, -0.25) is 4.98 Å². The van der Waals surface area contributed by atoms with Gasteiger partial charge < -0.3 is 14.3 Å². The molecule has 0 bridgehead atoms. The molecule has 0 radical (unpaired) electrons. The molecular weight excluding hydrogens is 351 g/mol. The zero-order chi connectivity index (χ0) is 19.1. The molecule has 0 aliphatic heterocycles. The highest BCUT2D eigenvalue weighted by Crippen LogP contribution is 2.34. The number of carbonyl (C=O) groups is 1. The second-order valence-electron chi connectivity index (χ2n) is 5.75. The molecule has 5 nitrogen and oxygen atoms in total. The van der Waals surface area contributed by atoms with Crippen LogP contribution in [0.3, 0.4) is 0 Å². The third-order valence-electron chi connectivity index (χ3n) is 3.92. The molecule has 0 saturated carbocycles. The van der Waals surface area contributed by atoms with E-state index in [0.717, 1.165) is 6.20 Å². The summed E-state index contributed by atoms with van der Waals surface area (Å²) in [6.45, 7) is 2.87. The molecule has 0 saturated heterocycles. The number of aromatic nitrogens is 1. The number of benzene rings is 1. The number of aromatic carboxylic acids is 1. The molecule has 136 valence electrons. The molecule has 2 heterocycles. The van der Waals surface area contributed by atoms with Gasteiger partial charge in [-0.25, -0.2) is 4.79 Å². The normalized spacial score (nSPS) is 11.7. The van der Waals surface area contributed by atoms with E-state index in [1.54, 1.807) is 13.0 Å². The third-order valence-corrected chi connectivity index (χ3v) is 3.92. The Kier molecular flexibility index (Phi) is 4.35. The van der Waals surface area contributed by atoms with Crippen LogP contribution in [0.15, 0.2) is 34.9 Å². The van der Waals surface area contributed by atoms with E-state index >= 15 is 0 Å². The number of hydrogen-bond donors (Lipinski definition) is 1. The standard InChI is InChI=1S/C18H14F3NO4/c1-9-6-14-12(15(17(23)24)10(2)26-14)7-13(9)25-8-11-4-3-5-22-16(11)18(19,20)21/h3-7H,8H2,1-2H3,(H,23,24). The predicted molar refractivity (Wildman–Crippen MR) is 86.2 cm³/mol. The number of aryl methyl sites for hydroxylation is 2. The Bertz CT molecular complexity index is 992.